The first-order valence-corrected chi connectivity index (χ1v) is 8.52. The molecule has 1 aromatic heterocycles. The summed E-state index contributed by atoms with van der Waals surface area (Å²) in [5, 5.41) is 11.0. The summed E-state index contributed by atoms with van der Waals surface area (Å²) in [5.74, 6) is -0.262. The number of carbonyl (C=O) groups is 1. The van der Waals surface area contributed by atoms with Crippen LogP contribution < -0.4 is 10.4 Å². The zero-order valence-electron chi connectivity index (χ0n) is 15.3. The smallest absolute Gasteiger partial charge is 0.343 e. The van der Waals surface area contributed by atoms with E-state index in [9.17, 15) is 14.7 Å². The molecular weight excluding hydrogens is 348 g/mol. The van der Waals surface area contributed by atoms with E-state index in [2.05, 4.69) is 0 Å². The third kappa shape index (κ3) is 3.79. The van der Waals surface area contributed by atoms with E-state index >= 15 is 0 Å². The molecule has 1 heterocycles. The lowest BCUT2D eigenvalue weighted by molar-refractivity contribution is 0.0594. The molecule has 2 aromatic carbocycles. The maximum Gasteiger partial charge on any atom is 0.343 e. The Morgan fingerprint density at radius 1 is 1.19 bits per heavy atom. The fourth-order valence-corrected chi connectivity index (χ4v) is 2.85. The average molecular weight is 368 g/mol. The lowest BCUT2D eigenvalue weighted by Gasteiger charge is -2.14. The van der Waals surface area contributed by atoms with Crippen molar-refractivity contribution >= 4 is 16.9 Å². The molecule has 140 valence electrons. The van der Waals surface area contributed by atoms with Gasteiger partial charge in [0, 0.05) is 6.42 Å². The predicted octanol–water partition coefficient (Wildman–Crippen LogP) is 3.66. The van der Waals surface area contributed by atoms with Gasteiger partial charge in [0.25, 0.3) is 0 Å². The van der Waals surface area contributed by atoms with Gasteiger partial charge >= 0.3 is 11.6 Å². The molecule has 1 N–H and O–H groups in total. The molecule has 0 amide bonds. The number of aromatic hydroxyl groups is 1. The first-order chi connectivity index (χ1) is 12.9. The first-order valence-electron chi connectivity index (χ1n) is 8.52. The van der Waals surface area contributed by atoms with E-state index < -0.39 is 11.6 Å². The minimum atomic E-state index is -0.617. The topological polar surface area (TPSA) is 86.0 Å². The van der Waals surface area contributed by atoms with Crippen molar-refractivity contribution < 1.29 is 23.8 Å². The highest BCUT2D eigenvalue weighted by Crippen LogP contribution is 2.29. The molecule has 3 rings (SSSR count). The second-order valence-electron chi connectivity index (χ2n) is 6.38. The van der Waals surface area contributed by atoms with Gasteiger partial charge in [-0.05, 0) is 43.7 Å². The zero-order chi connectivity index (χ0) is 19.6. The molecule has 0 unspecified atom stereocenters. The summed E-state index contributed by atoms with van der Waals surface area (Å²) in [6, 6.07) is 11.8. The number of fused-ring (bicyclic) bond motifs is 1. The molecule has 0 aliphatic rings. The SMILES string of the molecule is COC(=O)c1cc(Cc2c(O)c3ccccc3oc2=O)ccc1OC(C)C. The molecule has 0 radical (unpaired) electrons. The van der Waals surface area contributed by atoms with Gasteiger partial charge in [-0.3, -0.25) is 0 Å². The number of hydrogen-bond donors (Lipinski definition) is 1. The van der Waals surface area contributed by atoms with Crippen molar-refractivity contribution in [1.82, 2.24) is 0 Å². The first kappa shape index (κ1) is 18.5. The Kier molecular flexibility index (Phi) is 5.16. The van der Waals surface area contributed by atoms with Crippen LogP contribution in [-0.2, 0) is 11.2 Å². The number of ether oxygens (including phenoxy) is 2. The molecular formula is C21H20O6. The van der Waals surface area contributed by atoms with Crippen molar-refractivity contribution in [3.05, 3.63) is 69.6 Å². The van der Waals surface area contributed by atoms with Gasteiger partial charge in [0.05, 0.1) is 24.2 Å². The summed E-state index contributed by atoms with van der Waals surface area (Å²) in [6.45, 7) is 3.71. The van der Waals surface area contributed by atoms with Crippen LogP contribution in [0.15, 0.2) is 51.7 Å². The van der Waals surface area contributed by atoms with Crippen LogP contribution in [0.25, 0.3) is 11.0 Å². The van der Waals surface area contributed by atoms with Crippen LogP contribution in [0.1, 0.15) is 35.3 Å². The van der Waals surface area contributed by atoms with E-state index in [1.165, 1.54) is 7.11 Å². The molecule has 3 aromatic rings. The summed E-state index contributed by atoms with van der Waals surface area (Å²) in [4.78, 5) is 24.4. The molecule has 0 atom stereocenters. The predicted molar refractivity (Wildman–Crippen MR) is 101 cm³/mol. The lowest BCUT2D eigenvalue weighted by atomic mass is 10.0. The quantitative estimate of drug-likeness (QED) is 0.546. The normalized spacial score (nSPS) is 11.0. The number of rotatable bonds is 5. The number of para-hydroxylation sites is 1. The van der Waals surface area contributed by atoms with Crippen LogP contribution in [0, 0.1) is 0 Å². The van der Waals surface area contributed by atoms with Crippen LogP contribution in [0.5, 0.6) is 11.5 Å². The number of carbonyl (C=O) groups excluding carboxylic acids is 1. The van der Waals surface area contributed by atoms with Crippen molar-refractivity contribution in [1.29, 1.82) is 0 Å². The van der Waals surface area contributed by atoms with Crippen LogP contribution >= 0.6 is 0 Å². The maximum atomic E-state index is 12.3. The van der Waals surface area contributed by atoms with Crippen molar-refractivity contribution in [2.75, 3.05) is 7.11 Å². The highest BCUT2D eigenvalue weighted by molar-refractivity contribution is 5.92. The molecule has 27 heavy (non-hydrogen) atoms. The van der Waals surface area contributed by atoms with E-state index in [1.54, 1.807) is 42.5 Å². The molecule has 0 bridgehead atoms. The van der Waals surface area contributed by atoms with E-state index in [-0.39, 0.29) is 29.4 Å². The minimum Gasteiger partial charge on any atom is -0.507 e. The van der Waals surface area contributed by atoms with Crippen molar-refractivity contribution in [2.24, 2.45) is 0 Å². The van der Waals surface area contributed by atoms with Gasteiger partial charge in [-0.1, -0.05) is 18.2 Å². The molecule has 0 fully saturated rings. The van der Waals surface area contributed by atoms with Gasteiger partial charge in [0.15, 0.2) is 0 Å². The zero-order valence-corrected chi connectivity index (χ0v) is 15.3. The highest BCUT2D eigenvalue weighted by atomic mass is 16.5. The van der Waals surface area contributed by atoms with Gasteiger partial charge in [0.2, 0.25) is 0 Å². The molecule has 6 nitrogen and oxygen atoms in total. The third-order valence-corrected chi connectivity index (χ3v) is 4.07. The largest absolute Gasteiger partial charge is 0.507 e. The van der Waals surface area contributed by atoms with Crippen molar-refractivity contribution in [2.45, 2.75) is 26.4 Å². The Morgan fingerprint density at radius 3 is 2.63 bits per heavy atom. The van der Waals surface area contributed by atoms with Crippen molar-refractivity contribution in [3.63, 3.8) is 0 Å². The fraction of sp³-hybridized carbons (Fsp3) is 0.238. The summed E-state index contributed by atoms with van der Waals surface area (Å²) in [5.41, 5.74) is 0.729. The average Bonchev–Trinajstić information content (AvgIpc) is 2.65. The molecule has 0 spiro atoms. The molecule has 0 saturated carbocycles. The van der Waals surface area contributed by atoms with Crippen LogP contribution in [0.3, 0.4) is 0 Å². The number of esters is 1. The second-order valence-corrected chi connectivity index (χ2v) is 6.38. The fourth-order valence-electron chi connectivity index (χ4n) is 2.85. The van der Waals surface area contributed by atoms with Crippen LogP contribution in [0.2, 0.25) is 0 Å². The Bertz CT molecular complexity index is 1050. The Hall–Kier alpha value is -3.28. The van der Waals surface area contributed by atoms with Crippen molar-refractivity contribution in [3.8, 4) is 11.5 Å². The summed E-state index contributed by atoms with van der Waals surface area (Å²) in [7, 11) is 1.29. The number of benzene rings is 2. The number of methoxy groups -OCH3 is 1. The molecule has 6 heteroatoms. The van der Waals surface area contributed by atoms with Gasteiger partial charge < -0.3 is 19.0 Å². The van der Waals surface area contributed by atoms with Crippen LogP contribution in [0.4, 0.5) is 0 Å². The summed E-state index contributed by atoms with van der Waals surface area (Å²) in [6.07, 6.45) is -0.0128. The van der Waals surface area contributed by atoms with Crippen LogP contribution in [-0.4, -0.2) is 24.3 Å². The number of hydrogen-bond acceptors (Lipinski definition) is 6. The standard InChI is InChI=1S/C21H20O6/c1-12(2)26-18-9-8-13(10-15(18)20(23)25-3)11-16-19(22)14-6-4-5-7-17(14)27-21(16)24/h4-10,12,22H,11H2,1-3H3. The molecule has 0 aliphatic heterocycles. The van der Waals surface area contributed by atoms with E-state index in [0.29, 0.717) is 22.3 Å². The van der Waals surface area contributed by atoms with Gasteiger partial charge in [-0.15, -0.1) is 0 Å². The Labute approximate surface area is 156 Å². The molecule has 0 saturated heterocycles. The highest BCUT2D eigenvalue weighted by Gasteiger charge is 2.18. The van der Waals surface area contributed by atoms with Gasteiger partial charge in [0.1, 0.15) is 22.6 Å². The van der Waals surface area contributed by atoms with E-state index in [0.717, 1.165) is 0 Å². The Balaban J connectivity index is 2.04. The van der Waals surface area contributed by atoms with Gasteiger partial charge in [-0.25, -0.2) is 9.59 Å². The third-order valence-electron chi connectivity index (χ3n) is 4.07. The van der Waals surface area contributed by atoms with E-state index in [1.807, 2.05) is 13.8 Å². The summed E-state index contributed by atoms with van der Waals surface area (Å²) < 4.78 is 15.8. The maximum absolute atomic E-state index is 12.3. The summed E-state index contributed by atoms with van der Waals surface area (Å²) >= 11 is 0. The molecule has 0 aliphatic carbocycles. The Morgan fingerprint density at radius 2 is 1.93 bits per heavy atom. The lowest BCUT2D eigenvalue weighted by Crippen LogP contribution is -2.12. The van der Waals surface area contributed by atoms with Gasteiger partial charge in [-0.2, -0.15) is 0 Å². The minimum absolute atomic E-state index is 0.102. The monoisotopic (exact) mass is 368 g/mol. The second kappa shape index (κ2) is 7.53. The van der Waals surface area contributed by atoms with E-state index in [4.69, 9.17) is 13.9 Å².